The fourth-order valence-corrected chi connectivity index (χ4v) is 2.38. The lowest BCUT2D eigenvalue weighted by Crippen LogP contribution is -2.11. The van der Waals surface area contributed by atoms with Gasteiger partial charge in [0.05, 0.1) is 6.10 Å². The Labute approximate surface area is 85.4 Å². The van der Waals surface area contributed by atoms with Crippen LogP contribution in [0, 0.1) is 5.41 Å². The smallest absolute Gasteiger partial charge is 0.254 e. The van der Waals surface area contributed by atoms with Crippen LogP contribution in [0.1, 0.15) is 31.4 Å². The second-order valence-corrected chi connectivity index (χ2v) is 5.00. The number of rotatable bonds is 3. The number of alkyl halides is 2. The number of aliphatic hydroxyl groups is 1. The molecule has 0 spiro atoms. The average Bonchev–Trinajstić information content (AvgIpc) is 2.55. The van der Waals surface area contributed by atoms with Crippen LogP contribution in [0.25, 0.3) is 0 Å². The molecule has 0 bridgehead atoms. The molecule has 0 saturated heterocycles. The molecule has 1 heterocycles. The van der Waals surface area contributed by atoms with Gasteiger partial charge in [0.25, 0.3) is 5.92 Å². The van der Waals surface area contributed by atoms with Gasteiger partial charge in [0, 0.05) is 11.8 Å². The van der Waals surface area contributed by atoms with E-state index in [0.717, 1.165) is 5.56 Å². The molecular weight excluding hydrogens is 206 g/mol. The van der Waals surface area contributed by atoms with Crippen LogP contribution in [-0.4, -0.2) is 11.0 Å². The highest BCUT2D eigenvalue weighted by Crippen LogP contribution is 2.63. The SMILES string of the molecule is CC1(CC(O)c2ccsc2)CC1(F)F. The third-order valence-electron chi connectivity index (χ3n) is 2.94. The van der Waals surface area contributed by atoms with Crippen LogP contribution < -0.4 is 0 Å². The highest BCUT2D eigenvalue weighted by atomic mass is 32.1. The lowest BCUT2D eigenvalue weighted by molar-refractivity contribution is 0.0419. The van der Waals surface area contributed by atoms with Crippen molar-refractivity contribution in [2.24, 2.45) is 5.41 Å². The summed E-state index contributed by atoms with van der Waals surface area (Å²) < 4.78 is 25.7. The molecule has 1 saturated carbocycles. The molecule has 0 aliphatic heterocycles. The fraction of sp³-hybridized carbons (Fsp3) is 0.600. The molecule has 4 heteroatoms. The molecule has 2 unspecified atom stereocenters. The molecule has 78 valence electrons. The zero-order valence-electron chi connectivity index (χ0n) is 7.84. The van der Waals surface area contributed by atoms with Crippen molar-refractivity contribution in [2.75, 3.05) is 0 Å². The molecule has 1 aromatic rings. The summed E-state index contributed by atoms with van der Waals surface area (Å²) in [6.45, 7) is 1.53. The lowest BCUT2D eigenvalue weighted by Gasteiger charge is -2.14. The van der Waals surface area contributed by atoms with E-state index >= 15 is 0 Å². The van der Waals surface area contributed by atoms with Crippen molar-refractivity contribution < 1.29 is 13.9 Å². The fourth-order valence-electron chi connectivity index (χ4n) is 1.68. The van der Waals surface area contributed by atoms with E-state index in [2.05, 4.69) is 0 Å². The topological polar surface area (TPSA) is 20.2 Å². The number of hydrogen-bond acceptors (Lipinski definition) is 2. The highest BCUT2D eigenvalue weighted by Gasteiger charge is 2.67. The van der Waals surface area contributed by atoms with Gasteiger partial charge in [0.2, 0.25) is 0 Å². The van der Waals surface area contributed by atoms with Crippen molar-refractivity contribution in [1.82, 2.24) is 0 Å². The Bertz CT molecular complexity index is 323. The summed E-state index contributed by atoms with van der Waals surface area (Å²) in [5, 5.41) is 13.3. The number of thiophene rings is 1. The molecule has 14 heavy (non-hydrogen) atoms. The molecule has 0 amide bonds. The zero-order valence-corrected chi connectivity index (χ0v) is 8.65. The Morgan fingerprint density at radius 1 is 1.64 bits per heavy atom. The molecule has 1 aliphatic carbocycles. The summed E-state index contributed by atoms with van der Waals surface area (Å²) in [5.41, 5.74) is -0.243. The second-order valence-electron chi connectivity index (χ2n) is 4.22. The van der Waals surface area contributed by atoms with Crippen molar-refractivity contribution in [2.45, 2.75) is 31.8 Å². The van der Waals surface area contributed by atoms with Gasteiger partial charge in [-0.1, -0.05) is 6.92 Å². The maximum Gasteiger partial charge on any atom is 0.254 e. The van der Waals surface area contributed by atoms with Crippen LogP contribution >= 0.6 is 11.3 Å². The van der Waals surface area contributed by atoms with Gasteiger partial charge in [-0.15, -0.1) is 0 Å². The van der Waals surface area contributed by atoms with Gasteiger partial charge in [-0.05, 0) is 28.8 Å². The highest BCUT2D eigenvalue weighted by molar-refractivity contribution is 7.07. The molecule has 1 fully saturated rings. The second kappa shape index (κ2) is 3.00. The summed E-state index contributed by atoms with van der Waals surface area (Å²) in [5.74, 6) is -2.58. The van der Waals surface area contributed by atoms with Gasteiger partial charge in [-0.25, -0.2) is 8.78 Å². The van der Waals surface area contributed by atoms with Crippen molar-refractivity contribution >= 4 is 11.3 Å². The minimum Gasteiger partial charge on any atom is -0.388 e. The minimum atomic E-state index is -2.58. The largest absolute Gasteiger partial charge is 0.388 e. The van der Waals surface area contributed by atoms with Crippen molar-refractivity contribution in [3.63, 3.8) is 0 Å². The molecule has 2 atom stereocenters. The van der Waals surface area contributed by atoms with Gasteiger partial charge in [0.15, 0.2) is 0 Å². The van der Waals surface area contributed by atoms with Crippen LogP contribution in [0.15, 0.2) is 16.8 Å². The van der Waals surface area contributed by atoms with Gasteiger partial charge < -0.3 is 5.11 Å². The van der Waals surface area contributed by atoms with Crippen LogP contribution in [0.2, 0.25) is 0 Å². The molecule has 0 radical (unpaired) electrons. The van der Waals surface area contributed by atoms with E-state index in [1.807, 2.05) is 5.38 Å². The monoisotopic (exact) mass is 218 g/mol. The number of halogens is 2. The van der Waals surface area contributed by atoms with Gasteiger partial charge in [0.1, 0.15) is 0 Å². The predicted molar refractivity (Wildman–Crippen MR) is 51.6 cm³/mol. The predicted octanol–water partition coefficient (Wildman–Crippen LogP) is 3.22. The first-order chi connectivity index (χ1) is 6.45. The zero-order chi connectivity index (χ0) is 10.4. The Hall–Kier alpha value is -0.480. The van der Waals surface area contributed by atoms with E-state index < -0.39 is 17.4 Å². The van der Waals surface area contributed by atoms with Gasteiger partial charge in [-0.3, -0.25) is 0 Å². The van der Waals surface area contributed by atoms with E-state index in [9.17, 15) is 13.9 Å². The molecule has 1 nitrogen and oxygen atoms in total. The van der Waals surface area contributed by atoms with Gasteiger partial charge in [-0.2, -0.15) is 11.3 Å². The number of aliphatic hydroxyl groups excluding tert-OH is 1. The standard InChI is InChI=1S/C10H12F2OS/c1-9(6-10(9,11)12)4-8(13)7-2-3-14-5-7/h2-3,5,8,13H,4,6H2,1H3. The first-order valence-electron chi connectivity index (χ1n) is 4.53. The first kappa shape index (κ1) is 10.1. The Morgan fingerprint density at radius 2 is 2.29 bits per heavy atom. The Kier molecular flexibility index (Phi) is 2.16. The molecular formula is C10H12F2OS. The minimum absolute atomic E-state index is 0.0960. The van der Waals surface area contributed by atoms with E-state index in [1.165, 1.54) is 18.3 Å². The average molecular weight is 218 g/mol. The van der Waals surface area contributed by atoms with Gasteiger partial charge >= 0.3 is 0 Å². The third kappa shape index (κ3) is 1.57. The van der Waals surface area contributed by atoms with E-state index in [4.69, 9.17) is 0 Å². The molecule has 2 rings (SSSR count). The van der Waals surface area contributed by atoms with Crippen LogP contribution in [0.3, 0.4) is 0 Å². The van der Waals surface area contributed by atoms with Crippen molar-refractivity contribution in [3.05, 3.63) is 22.4 Å². The summed E-state index contributed by atoms with van der Waals surface area (Å²) in [4.78, 5) is 0. The van der Waals surface area contributed by atoms with E-state index in [-0.39, 0.29) is 12.8 Å². The summed E-state index contributed by atoms with van der Waals surface area (Å²) >= 11 is 1.47. The maximum absolute atomic E-state index is 12.9. The van der Waals surface area contributed by atoms with Crippen LogP contribution in [-0.2, 0) is 0 Å². The summed E-state index contributed by atoms with van der Waals surface area (Å²) in [7, 11) is 0. The molecule has 1 N–H and O–H groups in total. The maximum atomic E-state index is 12.9. The van der Waals surface area contributed by atoms with E-state index in [0.29, 0.717) is 0 Å². The first-order valence-corrected chi connectivity index (χ1v) is 5.47. The quantitative estimate of drug-likeness (QED) is 0.825. The van der Waals surface area contributed by atoms with E-state index in [1.54, 1.807) is 11.4 Å². The normalized spacial score (nSPS) is 31.4. The molecule has 1 aromatic heterocycles. The van der Waals surface area contributed by atoms with Crippen molar-refractivity contribution in [3.8, 4) is 0 Å². The Morgan fingerprint density at radius 3 is 2.71 bits per heavy atom. The van der Waals surface area contributed by atoms with Crippen LogP contribution in [0.4, 0.5) is 8.78 Å². The Balaban J connectivity index is 2.00. The lowest BCUT2D eigenvalue weighted by atomic mass is 9.97. The van der Waals surface area contributed by atoms with Crippen molar-refractivity contribution in [1.29, 1.82) is 0 Å². The number of hydrogen-bond donors (Lipinski definition) is 1. The third-order valence-corrected chi connectivity index (χ3v) is 3.64. The summed E-state index contributed by atoms with van der Waals surface area (Å²) in [6.07, 6.45) is -0.697. The molecule has 0 aromatic carbocycles. The molecule has 1 aliphatic rings. The summed E-state index contributed by atoms with van der Waals surface area (Å²) in [6, 6.07) is 1.78. The van der Waals surface area contributed by atoms with Crippen LogP contribution in [0.5, 0.6) is 0 Å².